The lowest BCUT2D eigenvalue weighted by Gasteiger charge is -2.22. The van der Waals surface area contributed by atoms with Crippen molar-refractivity contribution in [2.75, 3.05) is 33.8 Å². The largest absolute Gasteiger partial charge is 0.494 e. The lowest BCUT2D eigenvalue weighted by atomic mass is 10.2. The Hall–Kier alpha value is -2.58. The molecule has 2 rings (SSSR count). The van der Waals surface area contributed by atoms with Crippen LogP contribution in [0.4, 0.5) is 0 Å². The second-order valence-corrected chi connectivity index (χ2v) is 8.38. The third-order valence-electron chi connectivity index (χ3n) is 4.26. The molecule has 0 aliphatic carbocycles. The van der Waals surface area contributed by atoms with E-state index in [1.165, 1.54) is 0 Å². The van der Waals surface area contributed by atoms with Gasteiger partial charge in [-0.15, -0.1) is 0 Å². The molecule has 158 valence electrons. The van der Waals surface area contributed by atoms with E-state index in [4.69, 9.17) is 4.74 Å². The number of nitrogens with zero attached hydrogens (tertiary/aromatic N) is 2. The lowest BCUT2D eigenvalue weighted by Crippen LogP contribution is -2.42. The van der Waals surface area contributed by atoms with Gasteiger partial charge in [0.25, 0.3) is 0 Å². The van der Waals surface area contributed by atoms with Crippen molar-refractivity contribution in [3.05, 3.63) is 59.7 Å². The van der Waals surface area contributed by atoms with Gasteiger partial charge in [0, 0.05) is 33.7 Å². The van der Waals surface area contributed by atoms with Crippen LogP contribution in [0.1, 0.15) is 18.1 Å². The third-order valence-corrected chi connectivity index (χ3v) is 5.74. The average molecular weight is 419 g/mol. The number of aliphatic imine (C=N–C) groups is 1. The Morgan fingerprint density at radius 3 is 2.31 bits per heavy atom. The zero-order valence-corrected chi connectivity index (χ0v) is 18.3. The third kappa shape index (κ3) is 7.07. The molecule has 0 aliphatic rings. The van der Waals surface area contributed by atoms with Crippen molar-refractivity contribution in [1.82, 2.24) is 14.9 Å². The monoisotopic (exact) mass is 418 g/mol. The fraction of sp³-hybridized carbons (Fsp3) is 0.381. The summed E-state index contributed by atoms with van der Waals surface area (Å²) in [5, 5.41) is 3.18. The van der Waals surface area contributed by atoms with Crippen LogP contribution < -0.4 is 14.8 Å². The highest BCUT2D eigenvalue weighted by Crippen LogP contribution is 2.13. The van der Waals surface area contributed by atoms with Crippen molar-refractivity contribution in [2.24, 2.45) is 4.99 Å². The number of aryl methyl sites for hydroxylation is 1. The van der Waals surface area contributed by atoms with E-state index < -0.39 is 10.0 Å². The minimum absolute atomic E-state index is 0.256. The number of nitrogens with one attached hydrogen (secondary N) is 2. The molecule has 0 fully saturated rings. The van der Waals surface area contributed by atoms with Gasteiger partial charge in [0.1, 0.15) is 5.75 Å². The number of guanidine groups is 1. The molecular weight excluding hydrogens is 388 g/mol. The first-order valence-corrected chi connectivity index (χ1v) is 11.0. The standard InChI is InChI=1S/C21H30N4O3S/c1-5-28-19-10-8-18(9-11-19)16-25(4)21(22-3)23-14-15-24-29(26,27)20-12-6-17(2)7-13-20/h6-13,24H,5,14-16H2,1-4H3,(H,22,23). The molecule has 0 atom stereocenters. The van der Waals surface area contributed by atoms with E-state index in [2.05, 4.69) is 15.0 Å². The normalized spacial score (nSPS) is 11.9. The van der Waals surface area contributed by atoms with E-state index >= 15 is 0 Å². The van der Waals surface area contributed by atoms with Gasteiger partial charge >= 0.3 is 0 Å². The summed E-state index contributed by atoms with van der Waals surface area (Å²) in [6.07, 6.45) is 0. The van der Waals surface area contributed by atoms with Crippen LogP contribution in [0.5, 0.6) is 5.75 Å². The van der Waals surface area contributed by atoms with Crippen LogP contribution in [0.15, 0.2) is 58.4 Å². The molecule has 29 heavy (non-hydrogen) atoms. The van der Waals surface area contributed by atoms with Gasteiger partial charge < -0.3 is 15.0 Å². The predicted molar refractivity (Wildman–Crippen MR) is 117 cm³/mol. The van der Waals surface area contributed by atoms with Crippen LogP contribution in [0.3, 0.4) is 0 Å². The second kappa shape index (κ2) is 10.8. The van der Waals surface area contributed by atoms with Gasteiger partial charge in [-0.1, -0.05) is 29.8 Å². The van der Waals surface area contributed by atoms with E-state index in [1.807, 2.05) is 50.1 Å². The Balaban J connectivity index is 1.82. The first kappa shape index (κ1) is 22.7. The topological polar surface area (TPSA) is 83.0 Å². The zero-order chi connectivity index (χ0) is 21.3. The lowest BCUT2D eigenvalue weighted by molar-refractivity contribution is 0.340. The Morgan fingerprint density at radius 2 is 1.72 bits per heavy atom. The molecule has 8 heteroatoms. The van der Waals surface area contributed by atoms with Gasteiger partial charge in [0.05, 0.1) is 11.5 Å². The molecule has 0 bridgehead atoms. The molecule has 0 unspecified atom stereocenters. The zero-order valence-electron chi connectivity index (χ0n) is 17.5. The molecule has 2 N–H and O–H groups in total. The molecular formula is C21H30N4O3S. The van der Waals surface area contributed by atoms with Gasteiger partial charge in [-0.25, -0.2) is 13.1 Å². The Bertz CT molecular complexity index is 895. The van der Waals surface area contributed by atoms with Gasteiger partial charge in [-0.05, 0) is 43.7 Å². The number of hydrogen-bond acceptors (Lipinski definition) is 4. The molecule has 0 radical (unpaired) electrons. The molecule has 0 aromatic heterocycles. The molecule has 0 aliphatic heterocycles. The van der Waals surface area contributed by atoms with Crippen molar-refractivity contribution < 1.29 is 13.2 Å². The van der Waals surface area contributed by atoms with Gasteiger partial charge in [-0.3, -0.25) is 4.99 Å². The smallest absolute Gasteiger partial charge is 0.240 e. The minimum atomic E-state index is -3.51. The summed E-state index contributed by atoms with van der Waals surface area (Å²) >= 11 is 0. The van der Waals surface area contributed by atoms with Crippen molar-refractivity contribution in [3.8, 4) is 5.75 Å². The maximum Gasteiger partial charge on any atom is 0.240 e. The predicted octanol–water partition coefficient (Wildman–Crippen LogP) is 2.38. The van der Waals surface area contributed by atoms with Crippen LogP contribution in [0.2, 0.25) is 0 Å². The molecule has 2 aromatic carbocycles. The number of benzene rings is 2. The summed E-state index contributed by atoms with van der Waals surface area (Å²) in [6, 6.07) is 14.7. The van der Waals surface area contributed by atoms with E-state index in [-0.39, 0.29) is 11.4 Å². The average Bonchev–Trinajstić information content (AvgIpc) is 2.70. The molecule has 7 nitrogen and oxygen atoms in total. The van der Waals surface area contributed by atoms with Crippen LogP contribution in [-0.2, 0) is 16.6 Å². The number of ether oxygens (including phenoxy) is 1. The number of sulfonamides is 1. The first-order valence-electron chi connectivity index (χ1n) is 9.55. The quantitative estimate of drug-likeness (QED) is 0.371. The highest BCUT2D eigenvalue weighted by atomic mass is 32.2. The van der Waals surface area contributed by atoms with E-state index in [9.17, 15) is 8.42 Å². The summed E-state index contributed by atoms with van der Waals surface area (Å²) in [5.74, 6) is 1.54. The Kier molecular flexibility index (Phi) is 8.48. The SMILES string of the molecule is CCOc1ccc(CN(C)C(=NC)NCCNS(=O)(=O)c2ccc(C)cc2)cc1. The minimum Gasteiger partial charge on any atom is -0.494 e. The summed E-state index contributed by atoms with van der Waals surface area (Å²) in [7, 11) is 0.120. The van der Waals surface area contributed by atoms with E-state index in [1.54, 1.807) is 31.3 Å². The van der Waals surface area contributed by atoms with Gasteiger partial charge in [0.15, 0.2) is 5.96 Å². The second-order valence-electron chi connectivity index (χ2n) is 6.62. The fourth-order valence-corrected chi connectivity index (χ4v) is 3.78. The maximum absolute atomic E-state index is 12.3. The van der Waals surface area contributed by atoms with Crippen molar-refractivity contribution in [3.63, 3.8) is 0 Å². The molecule has 0 saturated heterocycles. The summed E-state index contributed by atoms with van der Waals surface area (Å²) in [4.78, 5) is 6.50. The molecule has 0 amide bonds. The van der Waals surface area contributed by atoms with Gasteiger partial charge in [0.2, 0.25) is 10.0 Å². The fourth-order valence-electron chi connectivity index (χ4n) is 2.75. The van der Waals surface area contributed by atoms with Crippen LogP contribution in [0, 0.1) is 6.92 Å². The molecule has 0 saturated carbocycles. The molecule has 2 aromatic rings. The number of rotatable bonds is 9. The van der Waals surface area contributed by atoms with Crippen molar-refractivity contribution >= 4 is 16.0 Å². The molecule has 0 heterocycles. The summed E-state index contributed by atoms with van der Waals surface area (Å²) in [5.41, 5.74) is 2.14. The number of hydrogen-bond donors (Lipinski definition) is 2. The maximum atomic E-state index is 12.3. The van der Waals surface area contributed by atoms with E-state index in [0.29, 0.717) is 25.7 Å². The van der Waals surface area contributed by atoms with E-state index in [0.717, 1.165) is 16.9 Å². The van der Waals surface area contributed by atoms with Crippen molar-refractivity contribution in [1.29, 1.82) is 0 Å². The highest BCUT2D eigenvalue weighted by molar-refractivity contribution is 7.89. The van der Waals surface area contributed by atoms with Crippen LogP contribution >= 0.6 is 0 Å². The van der Waals surface area contributed by atoms with Crippen LogP contribution in [0.25, 0.3) is 0 Å². The van der Waals surface area contributed by atoms with Crippen LogP contribution in [-0.4, -0.2) is 53.1 Å². The highest BCUT2D eigenvalue weighted by Gasteiger charge is 2.13. The Labute approximate surface area is 173 Å². The van der Waals surface area contributed by atoms with Crippen molar-refractivity contribution in [2.45, 2.75) is 25.3 Å². The summed E-state index contributed by atoms with van der Waals surface area (Å²) in [6.45, 7) is 5.86. The summed E-state index contributed by atoms with van der Waals surface area (Å²) < 4.78 is 32.7. The Morgan fingerprint density at radius 1 is 1.07 bits per heavy atom. The molecule has 0 spiro atoms. The van der Waals surface area contributed by atoms with Gasteiger partial charge in [-0.2, -0.15) is 0 Å². The first-order chi connectivity index (χ1) is 13.9.